The average molecular weight is 385 g/mol. The maximum absolute atomic E-state index is 12.4. The quantitative estimate of drug-likeness (QED) is 0.466. The van der Waals surface area contributed by atoms with Crippen molar-refractivity contribution in [1.29, 1.82) is 0 Å². The minimum atomic E-state index is -0.461. The molecule has 0 unspecified atom stereocenters. The van der Waals surface area contributed by atoms with Crippen molar-refractivity contribution in [3.63, 3.8) is 0 Å². The van der Waals surface area contributed by atoms with E-state index in [1.807, 2.05) is 4.90 Å². The van der Waals surface area contributed by atoms with Gasteiger partial charge in [0.15, 0.2) is 0 Å². The van der Waals surface area contributed by atoms with E-state index in [2.05, 4.69) is 5.32 Å². The highest BCUT2D eigenvalue weighted by Crippen LogP contribution is 2.22. The van der Waals surface area contributed by atoms with Crippen LogP contribution in [-0.2, 0) is 4.79 Å². The van der Waals surface area contributed by atoms with Crippen LogP contribution in [0.25, 0.3) is 0 Å². The number of nitro groups is 1. The first kappa shape index (κ1) is 18.9. The van der Waals surface area contributed by atoms with E-state index in [-0.39, 0.29) is 23.3 Å². The maximum Gasteiger partial charge on any atom is 0.269 e. The summed E-state index contributed by atoms with van der Waals surface area (Å²) in [4.78, 5) is 37.4. The van der Waals surface area contributed by atoms with Crippen LogP contribution in [-0.4, -0.2) is 40.5 Å². The van der Waals surface area contributed by atoms with Crippen molar-refractivity contribution in [1.82, 2.24) is 4.90 Å². The normalized spacial score (nSPS) is 13.4. The molecule has 1 aliphatic heterocycles. The van der Waals surface area contributed by atoms with E-state index in [0.717, 1.165) is 30.8 Å². The lowest BCUT2D eigenvalue weighted by atomic mass is 10.1. The van der Waals surface area contributed by atoms with Gasteiger partial charge in [-0.25, -0.2) is 0 Å². The van der Waals surface area contributed by atoms with Gasteiger partial charge in [-0.05, 0) is 43.2 Å². The number of nitrogens with one attached hydrogen (secondary N) is 1. The highest BCUT2D eigenvalue weighted by atomic mass is 32.2. The van der Waals surface area contributed by atoms with Crippen molar-refractivity contribution in [2.24, 2.45) is 0 Å². The second kappa shape index (κ2) is 8.68. The van der Waals surface area contributed by atoms with Crippen molar-refractivity contribution in [3.05, 3.63) is 64.2 Å². The smallest absolute Gasteiger partial charge is 0.269 e. The van der Waals surface area contributed by atoms with E-state index in [1.54, 1.807) is 36.4 Å². The number of carbonyl (C=O) groups excluding carboxylic acids is 2. The summed E-state index contributed by atoms with van der Waals surface area (Å²) in [6, 6.07) is 13.0. The first-order valence-corrected chi connectivity index (χ1v) is 9.58. The molecule has 1 saturated heterocycles. The van der Waals surface area contributed by atoms with Crippen LogP contribution in [0.2, 0.25) is 0 Å². The first-order chi connectivity index (χ1) is 13.0. The van der Waals surface area contributed by atoms with Gasteiger partial charge < -0.3 is 10.2 Å². The lowest BCUT2D eigenvalue weighted by molar-refractivity contribution is -0.384. The molecule has 2 aromatic carbocycles. The zero-order valence-electron chi connectivity index (χ0n) is 14.6. The standard InChI is InChI=1S/C19H19N3O4S/c23-18(13-27-17-8-6-16(7-9-17)22(25)26)20-15-5-3-4-14(12-15)19(24)21-10-1-2-11-21/h3-9,12H,1-2,10-11,13H2,(H,20,23). The third kappa shape index (κ3) is 5.07. The number of nitro benzene ring substituents is 1. The molecule has 1 heterocycles. The molecule has 3 rings (SSSR count). The van der Waals surface area contributed by atoms with Gasteiger partial charge in [0.05, 0.1) is 10.7 Å². The van der Waals surface area contributed by atoms with Crippen molar-refractivity contribution < 1.29 is 14.5 Å². The zero-order valence-corrected chi connectivity index (χ0v) is 15.4. The third-order valence-corrected chi connectivity index (χ3v) is 5.22. The van der Waals surface area contributed by atoms with Gasteiger partial charge in [-0.2, -0.15) is 0 Å². The van der Waals surface area contributed by atoms with Crippen LogP contribution in [0.4, 0.5) is 11.4 Å². The largest absolute Gasteiger partial charge is 0.339 e. The lowest BCUT2D eigenvalue weighted by Crippen LogP contribution is -2.27. The minimum Gasteiger partial charge on any atom is -0.339 e. The van der Waals surface area contributed by atoms with E-state index in [4.69, 9.17) is 0 Å². The molecule has 8 heteroatoms. The summed E-state index contributed by atoms with van der Waals surface area (Å²) in [7, 11) is 0. The predicted octanol–water partition coefficient (Wildman–Crippen LogP) is 3.56. The van der Waals surface area contributed by atoms with E-state index in [1.165, 1.54) is 23.9 Å². The second-order valence-electron chi connectivity index (χ2n) is 6.17. The number of rotatable bonds is 6. The highest BCUT2D eigenvalue weighted by molar-refractivity contribution is 8.00. The zero-order chi connectivity index (χ0) is 19.2. The Morgan fingerprint density at radius 3 is 2.48 bits per heavy atom. The molecule has 0 aromatic heterocycles. The van der Waals surface area contributed by atoms with Crippen molar-refractivity contribution in [2.75, 3.05) is 24.2 Å². The van der Waals surface area contributed by atoms with E-state index in [9.17, 15) is 19.7 Å². The van der Waals surface area contributed by atoms with Gasteiger partial charge in [-0.15, -0.1) is 11.8 Å². The average Bonchev–Trinajstić information content (AvgIpc) is 3.21. The Balaban J connectivity index is 1.55. The second-order valence-corrected chi connectivity index (χ2v) is 7.22. The number of anilines is 1. The van der Waals surface area contributed by atoms with E-state index < -0.39 is 4.92 Å². The molecule has 2 aromatic rings. The molecule has 0 saturated carbocycles. The van der Waals surface area contributed by atoms with Crippen LogP contribution in [0, 0.1) is 10.1 Å². The molecule has 0 radical (unpaired) electrons. The summed E-state index contributed by atoms with van der Waals surface area (Å²) in [6.07, 6.45) is 2.06. The van der Waals surface area contributed by atoms with Crippen molar-refractivity contribution in [2.45, 2.75) is 17.7 Å². The summed E-state index contributed by atoms with van der Waals surface area (Å²) in [5.74, 6) is -0.0461. The summed E-state index contributed by atoms with van der Waals surface area (Å²) in [5, 5.41) is 13.4. The number of carbonyl (C=O) groups is 2. The number of thioether (sulfide) groups is 1. The molecule has 0 aliphatic carbocycles. The topological polar surface area (TPSA) is 92.5 Å². The highest BCUT2D eigenvalue weighted by Gasteiger charge is 2.19. The fraction of sp³-hybridized carbons (Fsp3) is 0.263. The summed E-state index contributed by atoms with van der Waals surface area (Å²) in [5.41, 5.74) is 1.16. The summed E-state index contributed by atoms with van der Waals surface area (Å²) in [6.45, 7) is 1.56. The monoisotopic (exact) mass is 385 g/mol. The van der Waals surface area contributed by atoms with Crippen molar-refractivity contribution >= 4 is 35.0 Å². The number of non-ortho nitro benzene ring substituents is 1. The van der Waals surface area contributed by atoms with Gasteiger partial charge in [0.2, 0.25) is 5.91 Å². The maximum atomic E-state index is 12.4. The Hall–Kier alpha value is -2.87. The minimum absolute atomic E-state index is 0.0103. The van der Waals surface area contributed by atoms with Gasteiger partial charge in [0.25, 0.3) is 11.6 Å². The van der Waals surface area contributed by atoms with Gasteiger partial charge in [0, 0.05) is 41.4 Å². The van der Waals surface area contributed by atoms with Crippen LogP contribution < -0.4 is 5.32 Å². The van der Waals surface area contributed by atoms with Gasteiger partial charge >= 0.3 is 0 Å². The molecule has 0 atom stereocenters. The molecule has 2 amide bonds. The van der Waals surface area contributed by atoms with Crippen molar-refractivity contribution in [3.8, 4) is 0 Å². The van der Waals surface area contributed by atoms with Crippen LogP contribution in [0.3, 0.4) is 0 Å². The molecule has 7 nitrogen and oxygen atoms in total. The van der Waals surface area contributed by atoms with E-state index in [0.29, 0.717) is 11.3 Å². The summed E-state index contributed by atoms with van der Waals surface area (Å²) < 4.78 is 0. The first-order valence-electron chi connectivity index (χ1n) is 8.59. The Morgan fingerprint density at radius 1 is 1.11 bits per heavy atom. The summed E-state index contributed by atoms with van der Waals surface area (Å²) >= 11 is 1.29. The Labute approximate surface area is 160 Å². The fourth-order valence-electron chi connectivity index (χ4n) is 2.84. The number of hydrogen-bond donors (Lipinski definition) is 1. The van der Waals surface area contributed by atoms with Crippen LogP contribution in [0.1, 0.15) is 23.2 Å². The number of hydrogen-bond acceptors (Lipinski definition) is 5. The molecule has 1 N–H and O–H groups in total. The van der Waals surface area contributed by atoms with Gasteiger partial charge in [0.1, 0.15) is 0 Å². The van der Waals surface area contributed by atoms with Gasteiger partial charge in [-0.3, -0.25) is 19.7 Å². The fourth-order valence-corrected chi connectivity index (χ4v) is 3.54. The molecule has 0 spiro atoms. The SMILES string of the molecule is O=C(CSc1ccc([N+](=O)[O-])cc1)Nc1cccc(C(=O)N2CCCC2)c1. The van der Waals surface area contributed by atoms with Crippen LogP contribution in [0.15, 0.2) is 53.4 Å². The predicted molar refractivity (Wildman–Crippen MR) is 104 cm³/mol. The van der Waals surface area contributed by atoms with Gasteiger partial charge in [-0.1, -0.05) is 6.07 Å². The molecule has 1 aliphatic rings. The number of amides is 2. The van der Waals surface area contributed by atoms with Crippen LogP contribution >= 0.6 is 11.8 Å². The number of nitrogens with zero attached hydrogens (tertiary/aromatic N) is 2. The molecule has 140 valence electrons. The third-order valence-electron chi connectivity index (χ3n) is 4.20. The number of benzene rings is 2. The molecule has 0 bridgehead atoms. The Morgan fingerprint density at radius 2 is 1.81 bits per heavy atom. The lowest BCUT2D eigenvalue weighted by Gasteiger charge is -2.15. The molecular formula is C19H19N3O4S. The number of likely N-dealkylation sites (tertiary alicyclic amines) is 1. The Kier molecular flexibility index (Phi) is 6.08. The molecule has 1 fully saturated rings. The Bertz CT molecular complexity index is 848. The molecular weight excluding hydrogens is 366 g/mol. The molecule has 27 heavy (non-hydrogen) atoms. The van der Waals surface area contributed by atoms with E-state index >= 15 is 0 Å². The van der Waals surface area contributed by atoms with Crippen LogP contribution in [0.5, 0.6) is 0 Å².